The molecule has 0 aliphatic carbocycles. The fraction of sp³-hybridized carbons (Fsp3) is 0.238. The molecule has 34 heavy (non-hydrogen) atoms. The Kier molecular flexibility index (Phi) is 7.98. The monoisotopic (exact) mass is 494 g/mol. The number of hydroxylamine groups is 1. The van der Waals surface area contributed by atoms with Crippen LogP contribution in [-0.4, -0.2) is 71.4 Å². The number of carboxylic acid groups (broad SMARTS) is 1. The molecule has 1 saturated heterocycles. The van der Waals surface area contributed by atoms with E-state index in [-0.39, 0.29) is 4.90 Å². The highest BCUT2D eigenvalue weighted by Gasteiger charge is 2.47. The summed E-state index contributed by atoms with van der Waals surface area (Å²) >= 11 is 0. The van der Waals surface area contributed by atoms with E-state index in [4.69, 9.17) is 14.7 Å². The highest BCUT2D eigenvalue weighted by Crippen LogP contribution is 2.22. The lowest BCUT2D eigenvalue weighted by Gasteiger charge is -2.37. The molecule has 3 rings (SSSR count). The second kappa shape index (κ2) is 10.7. The topological polar surface area (TPSA) is 192 Å². The number of ether oxygens (including phenoxy) is 1. The Hall–Kier alpha value is -3.33. The van der Waals surface area contributed by atoms with Crippen molar-refractivity contribution in [3.05, 3.63) is 66.2 Å². The largest absolute Gasteiger partial charge is 0.479 e. The molecule has 0 aromatic heterocycles. The molecule has 5 atom stereocenters. The molecule has 6 N–H and O–H groups in total. The number of para-hydroxylation sites is 1. The van der Waals surface area contributed by atoms with Crippen LogP contribution in [0.15, 0.2) is 65.6 Å². The van der Waals surface area contributed by atoms with E-state index in [1.165, 1.54) is 24.3 Å². The van der Waals surface area contributed by atoms with E-state index < -0.39 is 52.6 Å². The number of carbonyl (C=O) groups is 2. The fourth-order valence-corrected chi connectivity index (χ4v) is 4.09. The SMILES string of the molecule is O=C(/C=C/c1cccc(S(=O)(=O)Nc2ccccc2)c1)NO[C@@H]1O[C@H](C(=O)O)[C@@H](O)[C@H](O)[C@H]1O. The minimum atomic E-state index is -3.87. The van der Waals surface area contributed by atoms with Crippen molar-refractivity contribution in [1.29, 1.82) is 0 Å². The van der Waals surface area contributed by atoms with Gasteiger partial charge in [0.1, 0.15) is 18.3 Å². The third-order valence-electron chi connectivity index (χ3n) is 4.71. The molecular weight excluding hydrogens is 472 g/mol. The van der Waals surface area contributed by atoms with E-state index in [1.807, 2.05) is 5.48 Å². The molecule has 12 nitrogen and oxygen atoms in total. The van der Waals surface area contributed by atoms with Gasteiger partial charge in [-0.2, -0.15) is 0 Å². The van der Waals surface area contributed by atoms with E-state index in [2.05, 4.69) is 4.72 Å². The lowest BCUT2D eigenvalue weighted by atomic mass is 9.99. The van der Waals surface area contributed by atoms with Gasteiger partial charge in [0.25, 0.3) is 15.9 Å². The first-order chi connectivity index (χ1) is 16.1. The second-order valence-corrected chi connectivity index (χ2v) is 8.88. The maximum atomic E-state index is 12.6. The van der Waals surface area contributed by atoms with Crippen LogP contribution in [0.5, 0.6) is 0 Å². The predicted octanol–water partition coefficient (Wildman–Crippen LogP) is -0.559. The second-order valence-electron chi connectivity index (χ2n) is 7.20. The highest BCUT2D eigenvalue weighted by molar-refractivity contribution is 7.92. The number of rotatable bonds is 8. The van der Waals surface area contributed by atoms with Gasteiger partial charge >= 0.3 is 5.97 Å². The molecule has 0 spiro atoms. The minimum absolute atomic E-state index is 0.0406. The summed E-state index contributed by atoms with van der Waals surface area (Å²) in [6.07, 6.45) is -7.00. The highest BCUT2D eigenvalue weighted by atomic mass is 32.2. The quantitative estimate of drug-likeness (QED) is 0.205. The lowest BCUT2D eigenvalue weighted by Crippen LogP contribution is -2.61. The van der Waals surface area contributed by atoms with E-state index >= 15 is 0 Å². The average Bonchev–Trinajstić information content (AvgIpc) is 2.81. The molecule has 1 aliphatic heterocycles. The summed E-state index contributed by atoms with van der Waals surface area (Å²) in [6, 6.07) is 14.0. The normalized spacial score (nSPS) is 25.1. The van der Waals surface area contributed by atoms with Crippen molar-refractivity contribution in [3.8, 4) is 0 Å². The van der Waals surface area contributed by atoms with Gasteiger partial charge in [0.05, 0.1) is 4.90 Å². The Bertz CT molecular complexity index is 1160. The van der Waals surface area contributed by atoms with Gasteiger partial charge in [0.15, 0.2) is 6.10 Å². The van der Waals surface area contributed by atoms with Gasteiger partial charge in [-0.05, 0) is 35.9 Å². The Morgan fingerprint density at radius 1 is 0.971 bits per heavy atom. The number of carboxylic acids is 1. The summed E-state index contributed by atoms with van der Waals surface area (Å²) in [5, 5.41) is 38.2. The Morgan fingerprint density at radius 3 is 2.35 bits per heavy atom. The predicted molar refractivity (Wildman–Crippen MR) is 116 cm³/mol. The van der Waals surface area contributed by atoms with E-state index in [9.17, 15) is 33.3 Å². The van der Waals surface area contributed by atoms with Crippen molar-refractivity contribution in [2.24, 2.45) is 0 Å². The zero-order valence-electron chi connectivity index (χ0n) is 17.4. The third-order valence-corrected chi connectivity index (χ3v) is 6.09. The van der Waals surface area contributed by atoms with Gasteiger partial charge in [-0.25, -0.2) is 23.5 Å². The van der Waals surface area contributed by atoms with Crippen molar-refractivity contribution >= 4 is 33.7 Å². The summed E-state index contributed by atoms with van der Waals surface area (Å²) in [7, 11) is -3.87. The molecule has 0 unspecified atom stereocenters. The smallest absolute Gasteiger partial charge is 0.335 e. The summed E-state index contributed by atoms with van der Waals surface area (Å²) in [4.78, 5) is 27.9. The number of benzene rings is 2. The zero-order valence-corrected chi connectivity index (χ0v) is 18.2. The summed E-state index contributed by atoms with van der Waals surface area (Å²) in [5.74, 6) is -2.46. The summed E-state index contributed by atoms with van der Waals surface area (Å²) in [6.45, 7) is 0. The van der Waals surface area contributed by atoms with E-state index in [0.717, 1.165) is 6.08 Å². The molecule has 182 valence electrons. The van der Waals surface area contributed by atoms with Gasteiger partial charge in [0.2, 0.25) is 6.29 Å². The first-order valence-electron chi connectivity index (χ1n) is 9.82. The molecule has 1 heterocycles. The molecule has 0 saturated carbocycles. The van der Waals surface area contributed by atoms with Crippen molar-refractivity contribution in [2.75, 3.05) is 4.72 Å². The van der Waals surface area contributed by atoms with Gasteiger partial charge in [-0.15, -0.1) is 0 Å². The van der Waals surface area contributed by atoms with Crippen molar-refractivity contribution in [3.63, 3.8) is 0 Å². The maximum Gasteiger partial charge on any atom is 0.335 e. The number of aliphatic carboxylic acids is 1. The molecular formula is C21H22N2O10S. The van der Waals surface area contributed by atoms with Crippen LogP contribution in [0, 0.1) is 0 Å². The van der Waals surface area contributed by atoms with Crippen molar-refractivity contribution < 1.29 is 48.0 Å². The van der Waals surface area contributed by atoms with Crippen LogP contribution in [0.4, 0.5) is 5.69 Å². The molecule has 13 heteroatoms. The first-order valence-corrected chi connectivity index (χ1v) is 11.3. The third kappa shape index (κ3) is 6.17. The van der Waals surface area contributed by atoms with Crippen LogP contribution >= 0.6 is 0 Å². The van der Waals surface area contributed by atoms with Gasteiger partial charge in [-0.1, -0.05) is 30.3 Å². The van der Waals surface area contributed by atoms with Crippen molar-refractivity contribution in [2.45, 2.75) is 35.6 Å². The van der Waals surface area contributed by atoms with Crippen LogP contribution in [-0.2, 0) is 29.2 Å². The average molecular weight is 494 g/mol. The zero-order chi connectivity index (χ0) is 24.9. The Balaban J connectivity index is 1.61. The number of anilines is 1. The van der Waals surface area contributed by atoms with Crippen LogP contribution < -0.4 is 10.2 Å². The first kappa shape index (κ1) is 25.3. The molecule has 0 bridgehead atoms. The van der Waals surface area contributed by atoms with Gasteiger partial charge in [0, 0.05) is 11.8 Å². The maximum absolute atomic E-state index is 12.6. The molecule has 1 amide bonds. The molecule has 0 radical (unpaired) electrons. The number of amides is 1. The number of hydrogen-bond acceptors (Lipinski definition) is 9. The van der Waals surface area contributed by atoms with Crippen LogP contribution in [0.25, 0.3) is 6.08 Å². The van der Waals surface area contributed by atoms with Gasteiger partial charge < -0.3 is 25.2 Å². The fourth-order valence-electron chi connectivity index (χ4n) is 2.98. The standard InChI is InChI=1S/C21H22N2O10S/c24-15(22-33-21-18(27)16(25)17(26)19(32-21)20(28)29)10-9-12-5-4-8-14(11-12)34(30,31)23-13-6-2-1-3-7-13/h1-11,16-19,21,23,25-27H,(H,22,24)(H,28,29)/b10-9+/t16-,17-,18+,19-,21-/m0/s1. The minimum Gasteiger partial charge on any atom is -0.479 e. The Labute approximate surface area is 194 Å². The number of sulfonamides is 1. The number of aliphatic hydroxyl groups excluding tert-OH is 3. The number of hydrogen-bond donors (Lipinski definition) is 6. The number of carbonyl (C=O) groups excluding carboxylic acids is 1. The van der Waals surface area contributed by atoms with Crippen LogP contribution in [0.1, 0.15) is 5.56 Å². The molecule has 1 aliphatic rings. The number of aliphatic hydroxyl groups is 3. The van der Waals surface area contributed by atoms with Crippen LogP contribution in [0.2, 0.25) is 0 Å². The summed E-state index contributed by atoms with van der Waals surface area (Å²) < 4.78 is 32.4. The molecule has 2 aromatic rings. The Morgan fingerprint density at radius 2 is 1.68 bits per heavy atom. The van der Waals surface area contributed by atoms with Crippen molar-refractivity contribution in [1.82, 2.24) is 5.48 Å². The van der Waals surface area contributed by atoms with Gasteiger partial charge in [-0.3, -0.25) is 9.52 Å². The van der Waals surface area contributed by atoms with E-state index in [1.54, 1.807) is 36.4 Å². The molecule has 1 fully saturated rings. The number of nitrogens with one attached hydrogen (secondary N) is 2. The summed E-state index contributed by atoms with van der Waals surface area (Å²) in [5.41, 5.74) is 2.65. The molecule has 2 aromatic carbocycles. The van der Waals surface area contributed by atoms with Crippen LogP contribution in [0.3, 0.4) is 0 Å². The van der Waals surface area contributed by atoms with E-state index in [0.29, 0.717) is 11.3 Å². The lowest BCUT2D eigenvalue weighted by molar-refractivity contribution is -0.305.